The highest BCUT2D eigenvalue weighted by Crippen LogP contribution is 2.66. The Kier molecular flexibility index (Phi) is 4.34. The van der Waals surface area contributed by atoms with E-state index in [-0.39, 0.29) is 23.7 Å². The van der Waals surface area contributed by atoms with Gasteiger partial charge in [-0.1, -0.05) is 62.4 Å². The Bertz CT molecular complexity index is 730. The second-order valence-corrected chi connectivity index (χ2v) is 6.95. The summed E-state index contributed by atoms with van der Waals surface area (Å²) in [5.74, 6) is 0.509. The number of esters is 1. The van der Waals surface area contributed by atoms with Crippen molar-refractivity contribution in [3.05, 3.63) is 59.7 Å². The number of nitrogens with zero attached hydrogens (tertiary/aromatic N) is 1. The molecule has 0 saturated heterocycles. The minimum Gasteiger partial charge on any atom is -0.464 e. The summed E-state index contributed by atoms with van der Waals surface area (Å²) in [6, 6.07) is 17.0. The van der Waals surface area contributed by atoms with Crippen molar-refractivity contribution in [1.29, 1.82) is 0 Å². The van der Waals surface area contributed by atoms with Crippen LogP contribution in [0.2, 0.25) is 0 Å². The molecule has 0 unspecified atom stereocenters. The molecular formula is C22H25NO2. The molecule has 0 aromatic heterocycles. The first-order chi connectivity index (χ1) is 12.3. The highest BCUT2D eigenvalue weighted by molar-refractivity contribution is 5.87. The van der Waals surface area contributed by atoms with E-state index in [1.165, 1.54) is 22.3 Å². The molecule has 2 aliphatic carbocycles. The molecule has 130 valence electrons. The van der Waals surface area contributed by atoms with Gasteiger partial charge in [-0.15, -0.1) is 0 Å². The summed E-state index contributed by atoms with van der Waals surface area (Å²) in [5.41, 5.74) is 5.16. The topological polar surface area (TPSA) is 29.5 Å². The van der Waals surface area contributed by atoms with Gasteiger partial charge >= 0.3 is 5.97 Å². The van der Waals surface area contributed by atoms with E-state index in [0.717, 1.165) is 19.6 Å². The van der Waals surface area contributed by atoms with Gasteiger partial charge in [0, 0.05) is 18.4 Å². The quantitative estimate of drug-likeness (QED) is 0.746. The van der Waals surface area contributed by atoms with E-state index in [0.29, 0.717) is 6.61 Å². The van der Waals surface area contributed by atoms with Crippen molar-refractivity contribution in [3.63, 3.8) is 0 Å². The average molecular weight is 335 g/mol. The summed E-state index contributed by atoms with van der Waals surface area (Å²) in [6.07, 6.45) is 0. The fourth-order valence-corrected chi connectivity index (χ4v) is 4.36. The van der Waals surface area contributed by atoms with Crippen LogP contribution in [0.3, 0.4) is 0 Å². The Morgan fingerprint density at radius 3 is 1.96 bits per heavy atom. The SMILES string of the molecule is CCN(CC)CCOC(=O)C1[C@@H]2c3ccccc3-c3ccccc3[C@@H]12. The zero-order chi connectivity index (χ0) is 17.4. The second kappa shape index (κ2) is 6.64. The molecule has 3 heteroatoms. The molecule has 2 aliphatic rings. The predicted molar refractivity (Wildman–Crippen MR) is 99.6 cm³/mol. The number of carbonyl (C=O) groups excluding carboxylic acids is 1. The molecule has 0 amide bonds. The van der Waals surface area contributed by atoms with Gasteiger partial charge in [0.05, 0.1) is 5.92 Å². The molecule has 0 N–H and O–H groups in total. The standard InChI is InChI=1S/C22H25NO2/c1-3-23(4-2)13-14-25-22(24)21-19-17-11-7-5-9-15(17)16-10-6-8-12-18(16)20(19)21/h5-12,19-21H,3-4,13-14H2,1-2H3/t19-,20-/m1/s1. The number of hydrogen-bond donors (Lipinski definition) is 0. The van der Waals surface area contributed by atoms with Crippen molar-refractivity contribution in [2.75, 3.05) is 26.2 Å². The molecule has 0 bridgehead atoms. The minimum absolute atomic E-state index is 0.0264. The molecule has 4 rings (SSSR count). The third-order valence-electron chi connectivity index (χ3n) is 5.77. The number of benzene rings is 2. The largest absolute Gasteiger partial charge is 0.464 e. The molecule has 25 heavy (non-hydrogen) atoms. The summed E-state index contributed by atoms with van der Waals surface area (Å²) in [5, 5.41) is 0. The van der Waals surface area contributed by atoms with Gasteiger partial charge in [-0.3, -0.25) is 4.79 Å². The Balaban J connectivity index is 1.53. The van der Waals surface area contributed by atoms with E-state index >= 15 is 0 Å². The average Bonchev–Trinajstić information content (AvgIpc) is 3.42. The van der Waals surface area contributed by atoms with Crippen molar-refractivity contribution in [2.45, 2.75) is 25.7 Å². The maximum Gasteiger partial charge on any atom is 0.310 e. The monoisotopic (exact) mass is 335 g/mol. The first-order valence-electron chi connectivity index (χ1n) is 9.33. The van der Waals surface area contributed by atoms with Crippen molar-refractivity contribution in [3.8, 4) is 11.1 Å². The van der Waals surface area contributed by atoms with Gasteiger partial charge in [-0.2, -0.15) is 0 Å². The summed E-state index contributed by atoms with van der Waals surface area (Å²) >= 11 is 0. The van der Waals surface area contributed by atoms with Gasteiger partial charge in [0.25, 0.3) is 0 Å². The molecule has 0 heterocycles. The van der Waals surface area contributed by atoms with Crippen LogP contribution in [0.5, 0.6) is 0 Å². The maximum absolute atomic E-state index is 12.7. The van der Waals surface area contributed by atoms with E-state index in [2.05, 4.69) is 67.3 Å². The van der Waals surface area contributed by atoms with Gasteiger partial charge in [0.1, 0.15) is 6.61 Å². The Morgan fingerprint density at radius 2 is 1.44 bits per heavy atom. The lowest BCUT2D eigenvalue weighted by atomic mass is 9.86. The molecule has 1 saturated carbocycles. The second-order valence-electron chi connectivity index (χ2n) is 6.95. The van der Waals surface area contributed by atoms with Gasteiger partial charge < -0.3 is 9.64 Å². The lowest BCUT2D eigenvalue weighted by Crippen LogP contribution is -2.28. The number of ether oxygens (including phenoxy) is 1. The van der Waals surface area contributed by atoms with Gasteiger partial charge in [-0.25, -0.2) is 0 Å². The van der Waals surface area contributed by atoms with Crippen molar-refractivity contribution in [2.24, 2.45) is 5.92 Å². The maximum atomic E-state index is 12.7. The zero-order valence-electron chi connectivity index (χ0n) is 14.9. The molecule has 3 nitrogen and oxygen atoms in total. The predicted octanol–water partition coefficient (Wildman–Crippen LogP) is 4.05. The Labute approximate surface area is 149 Å². The van der Waals surface area contributed by atoms with Crippen LogP contribution in [0, 0.1) is 5.92 Å². The van der Waals surface area contributed by atoms with Crippen LogP contribution in [0.1, 0.15) is 36.8 Å². The van der Waals surface area contributed by atoms with Crippen molar-refractivity contribution < 1.29 is 9.53 Å². The van der Waals surface area contributed by atoms with Crippen LogP contribution < -0.4 is 0 Å². The summed E-state index contributed by atoms with van der Waals surface area (Å²) < 4.78 is 5.64. The molecule has 2 aromatic rings. The van der Waals surface area contributed by atoms with E-state index in [4.69, 9.17) is 4.74 Å². The fourth-order valence-electron chi connectivity index (χ4n) is 4.36. The smallest absolute Gasteiger partial charge is 0.310 e. The van der Waals surface area contributed by atoms with Gasteiger partial charge in [0.2, 0.25) is 0 Å². The number of likely N-dealkylation sites (N-methyl/N-ethyl adjacent to an activating group) is 1. The molecule has 0 spiro atoms. The summed E-state index contributed by atoms with van der Waals surface area (Å²) in [7, 11) is 0. The number of carbonyl (C=O) groups is 1. The highest BCUT2D eigenvalue weighted by atomic mass is 16.5. The molecule has 1 fully saturated rings. The number of hydrogen-bond acceptors (Lipinski definition) is 3. The molecule has 0 aliphatic heterocycles. The van der Waals surface area contributed by atoms with Crippen molar-refractivity contribution in [1.82, 2.24) is 4.90 Å². The summed E-state index contributed by atoms with van der Waals surface area (Å²) in [4.78, 5) is 15.0. The summed E-state index contributed by atoms with van der Waals surface area (Å²) in [6.45, 7) is 7.55. The molecule has 0 radical (unpaired) electrons. The van der Waals surface area contributed by atoms with E-state index in [1.54, 1.807) is 0 Å². The lowest BCUT2D eigenvalue weighted by molar-refractivity contribution is -0.145. The van der Waals surface area contributed by atoms with E-state index < -0.39 is 0 Å². The van der Waals surface area contributed by atoms with Gasteiger partial charge in [-0.05, 0) is 35.3 Å². The normalized spacial score (nSPS) is 22.8. The molecular weight excluding hydrogens is 310 g/mol. The highest BCUT2D eigenvalue weighted by Gasteiger charge is 2.60. The fraction of sp³-hybridized carbons (Fsp3) is 0.409. The van der Waals surface area contributed by atoms with Crippen LogP contribution in [-0.4, -0.2) is 37.1 Å². The first-order valence-corrected chi connectivity index (χ1v) is 9.33. The van der Waals surface area contributed by atoms with Crippen LogP contribution in [0.15, 0.2) is 48.5 Å². The van der Waals surface area contributed by atoms with Gasteiger partial charge in [0.15, 0.2) is 0 Å². The third kappa shape index (κ3) is 2.77. The molecule has 2 aromatic carbocycles. The lowest BCUT2D eigenvalue weighted by Gasteiger charge is -2.18. The van der Waals surface area contributed by atoms with Crippen LogP contribution >= 0.6 is 0 Å². The Morgan fingerprint density at radius 1 is 0.920 bits per heavy atom. The number of fused-ring (bicyclic) bond motifs is 6. The van der Waals surface area contributed by atoms with E-state index in [1.807, 2.05) is 0 Å². The number of rotatable bonds is 6. The molecule has 2 atom stereocenters. The Hall–Kier alpha value is -2.13. The van der Waals surface area contributed by atoms with Crippen LogP contribution in [0.4, 0.5) is 0 Å². The van der Waals surface area contributed by atoms with E-state index in [9.17, 15) is 4.79 Å². The zero-order valence-corrected chi connectivity index (χ0v) is 14.9. The van der Waals surface area contributed by atoms with Crippen molar-refractivity contribution >= 4 is 5.97 Å². The van der Waals surface area contributed by atoms with Crippen LogP contribution in [-0.2, 0) is 9.53 Å². The third-order valence-corrected chi connectivity index (χ3v) is 5.77. The van der Waals surface area contributed by atoms with Crippen LogP contribution in [0.25, 0.3) is 11.1 Å². The minimum atomic E-state index is -0.0336. The first kappa shape index (κ1) is 16.3.